The van der Waals surface area contributed by atoms with Crippen LogP contribution >= 0.6 is 0 Å². The maximum Gasteiger partial charge on any atom is 0.408 e. The third-order valence-electron chi connectivity index (χ3n) is 3.19. The molecule has 1 aromatic rings. The maximum atomic E-state index is 12.9. The van der Waals surface area contributed by atoms with Gasteiger partial charge in [-0.05, 0) is 5.92 Å². The van der Waals surface area contributed by atoms with Crippen molar-refractivity contribution in [1.29, 1.82) is 0 Å². The van der Waals surface area contributed by atoms with Gasteiger partial charge in [-0.2, -0.15) is 18.2 Å². The quantitative estimate of drug-likeness (QED) is 0.743. The number of nitrogens with one attached hydrogen (secondary N) is 3. The van der Waals surface area contributed by atoms with E-state index in [-0.39, 0.29) is 6.54 Å². The van der Waals surface area contributed by atoms with Crippen LogP contribution in [0.25, 0.3) is 0 Å². The van der Waals surface area contributed by atoms with Gasteiger partial charge in [0.25, 0.3) is 0 Å². The first-order valence-electron chi connectivity index (χ1n) is 6.84. The Morgan fingerprint density at radius 2 is 2.05 bits per heavy atom. The van der Waals surface area contributed by atoms with Crippen molar-refractivity contribution in [2.24, 2.45) is 5.92 Å². The van der Waals surface area contributed by atoms with Crippen LogP contribution < -0.4 is 15.5 Å². The summed E-state index contributed by atoms with van der Waals surface area (Å²) in [5, 5.41) is 10.8. The van der Waals surface area contributed by atoms with E-state index in [1.54, 1.807) is 25.9 Å². The lowest BCUT2D eigenvalue weighted by Gasteiger charge is -2.26. The monoisotopic (exact) mass is 322 g/mol. The number of alkyl halides is 3. The summed E-state index contributed by atoms with van der Waals surface area (Å²) in [4.78, 5) is 17.4. The molecule has 22 heavy (non-hydrogen) atoms. The number of carbonyl (C=O) groups excluding carboxylic acids is 1. The molecule has 1 heterocycles. The van der Waals surface area contributed by atoms with Crippen molar-refractivity contribution in [2.45, 2.75) is 39.0 Å². The molecule has 0 saturated carbocycles. The molecule has 0 bridgehead atoms. The van der Waals surface area contributed by atoms with Gasteiger partial charge in [-0.1, -0.05) is 20.3 Å². The normalized spacial score (nSPS) is 14.3. The fourth-order valence-electron chi connectivity index (χ4n) is 1.70. The number of hydrogen-bond acceptors (Lipinski definition) is 4. The molecule has 7 nitrogen and oxygen atoms in total. The molecule has 0 aliphatic carbocycles. The summed E-state index contributed by atoms with van der Waals surface area (Å²) in [6, 6.07) is -2.78. The first-order chi connectivity index (χ1) is 10.1. The molecule has 0 fully saturated rings. The van der Waals surface area contributed by atoms with Gasteiger partial charge in [-0.25, -0.2) is 4.79 Å². The largest absolute Gasteiger partial charge is 0.408 e. The number of aromatic amines is 1. The molecule has 2 atom stereocenters. The average molecular weight is 322 g/mol. The highest BCUT2D eigenvalue weighted by atomic mass is 19.4. The van der Waals surface area contributed by atoms with Gasteiger partial charge in [-0.15, -0.1) is 5.10 Å². The standard InChI is InChI=1S/C12H21F3N6O/c1-5-7(2)9(12(13,14)15)18-11(22)16-6-8-17-10(20-19-8)21(3)4/h7,9H,5-6H2,1-4H3,(H2,16,18,22)(H,17,19,20)/t7-,9-/m1/s1. The highest BCUT2D eigenvalue weighted by Gasteiger charge is 2.43. The van der Waals surface area contributed by atoms with Crippen LogP contribution in [0.5, 0.6) is 0 Å². The van der Waals surface area contributed by atoms with E-state index in [0.29, 0.717) is 18.2 Å². The number of amides is 2. The minimum absolute atomic E-state index is 0.0439. The Bertz CT molecular complexity index is 487. The summed E-state index contributed by atoms with van der Waals surface area (Å²) >= 11 is 0. The van der Waals surface area contributed by atoms with E-state index in [1.165, 1.54) is 6.92 Å². The van der Waals surface area contributed by atoms with Crippen molar-refractivity contribution < 1.29 is 18.0 Å². The lowest BCUT2D eigenvalue weighted by atomic mass is 9.99. The fourth-order valence-corrected chi connectivity index (χ4v) is 1.70. The highest BCUT2D eigenvalue weighted by Crippen LogP contribution is 2.27. The Labute approximate surface area is 126 Å². The second kappa shape index (κ2) is 7.32. The maximum absolute atomic E-state index is 12.9. The number of carbonyl (C=O) groups is 1. The van der Waals surface area contributed by atoms with E-state index in [4.69, 9.17) is 0 Å². The summed E-state index contributed by atoms with van der Waals surface area (Å²) in [5.74, 6) is 0.0623. The zero-order valence-electron chi connectivity index (χ0n) is 13.0. The highest BCUT2D eigenvalue weighted by molar-refractivity contribution is 5.74. The second-order valence-corrected chi connectivity index (χ2v) is 5.21. The Hall–Kier alpha value is -2.00. The summed E-state index contributed by atoms with van der Waals surface area (Å²) < 4.78 is 38.7. The molecule has 1 rings (SSSR count). The van der Waals surface area contributed by atoms with Gasteiger partial charge in [0.2, 0.25) is 5.95 Å². The molecule has 126 valence electrons. The van der Waals surface area contributed by atoms with E-state index in [9.17, 15) is 18.0 Å². The average Bonchev–Trinajstić information content (AvgIpc) is 2.89. The molecule has 0 unspecified atom stereocenters. The van der Waals surface area contributed by atoms with Crippen LogP contribution in [0.1, 0.15) is 26.1 Å². The van der Waals surface area contributed by atoms with Crippen LogP contribution in [0.15, 0.2) is 0 Å². The minimum Gasteiger partial charge on any atom is -0.346 e. The summed E-state index contributed by atoms with van der Waals surface area (Å²) in [7, 11) is 3.49. The Balaban J connectivity index is 2.56. The van der Waals surface area contributed by atoms with Crippen molar-refractivity contribution in [2.75, 3.05) is 19.0 Å². The molecule has 0 radical (unpaired) electrons. The van der Waals surface area contributed by atoms with E-state index in [0.717, 1.165) is 0 Å². The van der Waals surface area contributed by atoms with Gasteiger partial charge in [0.1, 0.15) is 11.9 Å². The number of halogens is 3. The number of rotatable bonds is 6. The third kappa shape index (κ3) is 5.08. The van der Waals surface area contributed by atoms with Gasteiger partial charge in [0, 0.05) is 14.1 Å². The first-order valence-corrected chi connectivity index (χ1v) is 6.84. The number of nitrogens with zero attached hydrogens (tertiary/aromatic N) is 3. The van der Waals surface area contributed by atoms with Gasteiger partial charge < -0.3 is 15.5 Å². The van der Waals surface area contributed by atoms with Crippen molar-refractivity contribution in [3.8, 4) is 0 Å². The molecular formula is C12H21F3N6O. The van der Waals surface area contributed by atoms with Crippen LogP contribution in [0, 0.1) is 5.92 Å². The van der Waals surface area contributed by atoms with Crippen molar-refractivity contribution in [3.63, 3.8) is 0 Å². The molecule has 0 saturated heterocycles. The van der Waals surface area contributed by atoms with Crippen LogP contribution in [0.2, 0.25) is 0 Å². The lowest BCUT2D eigenvalue weighted by molar-refractivity contribution is -0.163. The molecule has 3 N–H and O–H groups in total. The van der Waals surface area contributed by atoms with E-state index >= 15 is 0 Å². The Morgan fingerprint density at radius 1 is 1.41 bits per heavy atom. The van der Waals surface area contributed by atoms with Crippen molar-refractivity contribution in [1.82, 2.24) is 25.8 Å². The van der Waals surface area contributed by atoms with Crippen LogP contribution in [-0.2, 0) is 6.54 Å². The molecule has 2 amide bonds. The Morgan fingerprint density at radius 3 is 2.50 bits per heavy atom. The molecular weight excluding hydrogens is 301 g/mol. The lowest BCUT2D eigenvalue weighted by Crippen LogP contribution is -2.52. The Kier molecular flexibility index (Phi) is 6.01. The molecule has 0 aromatic carbocycles. The van der Waals surface area contributed by atoms with Gasteiger partial charge in [0.15, 0.2) is 0 Å². The van der Waals surface area contributed by atoms with E-state index in [2.05, 4.69) is 20.5 Å². The van der Waals surface area contributed by atoms with Crippen LogP contribution in [-0.4, -0.2) is 47.5 Å². The SMILES string of the molecule is CC[C@@H](C)[C@@H](NC(=O)NCc1nc(N(C)C)n[nH]1)C(F)(F)F. The van der Waals surface area contributed by atoms with E-state index in [1.807, 2.05) is 5.32 Å². The zero-order chi connectivity index (χ0) is 16.9. The predicted octanol–water partition coefficient (Wildman–Crippen LogP) is 1.65. The smallest absolute Gasteiger partial charge is 0.346 e. The van der Waals surface area contributed by atoms with Gasteiger partial charge in [-0.3, -0.25) is 5.10 Å². The van der Waals surface area contributed by atoms with Crippen molar-refractivity contribution >= 4 is 12.0 Å². The van der Waals surface area contributed by atoms with E-state index < -0.39 is 24.2 Å². The summed E-state index contributed by atoms with van der Waals surface area (Å²) in [6.07, 6.45) is -4.18. The number of anilines is 1. The minimum atomic E-state index is -4.49. The van der Waals surface area contributed by atoms with Crippen LogP contribution in [0.4, 0.5) is 23.9 Å². The van der Waals surface area contributed by atoms with Crippen molar-refractivity contribution in [3.05, 3.63) is 5.82 Å². The first kappa shape index (κ1) is 18.1. The molecule has 0 aliphatic heterocycles. The van der Waals surface area contributed by atoms with Gasteiger partial charge in [0.05, 0.1) is 6.54 Å². The molecule has 1 aromatic heterocycles. The summed E-state index contributed by atoms with van der Waals surface area (Å²) in [5.41, 5.74) is 0. The molecule has 0 aliphatic rings. The topological polar surface area (TPSA) is 85.9 Å². The molecule has 0 spiro atoms. The summed E-state index contributed by atoms with van der Waals surface area (Å²) in [6.45, 7) is 3.04. The van der Waals surface area contributed by atoms with Gasteiger partial charge >= 0.3 is 12.2 Å². The number of H-pyrrole nitrogens is 1. The third-order valence-corrected chi connectivity index (χ3v) is 3.19. The number of urea groups is 1. The molecule has 10 heteroatoms. The van der Waals surface area contributed by atoms with Crippen LogP contribution in [0.3, 0.4) is 0 Å². The zero-order valence-corrected chi connectivity index (χ0v) is 13.0. The predicted molar refractivity (Wildman–Crippen MR) is 75.4 cm³/mol. The second-order valence-electron chi connectivity index (χ2n) is 5.21. The number of aromatic nitrogens is 3. The number of hydrogen-bond donors (Lipinski definition) is 3. The fraction of sp³-hybridized carbons (Fsp3) is 0.750.